The normalized spacial score (nSPS) is 11.6. The topological polar surface area (TPSA) is 154 Å². The number of azo groups is 1. The van der Waals surface area contributed by atoms with E-state index < -0.39 is 22.5 Å². The number of hydrogen-bond acceptors (Lipinski definition) is 7. The summed E-state index contributed by atoms with van der Waals surface area (Å²) in [5.41, 5.74) is 1.24. The Bertz CT molecular complexity index is 1630. The number of anilines is 2. The van der Waals surface area contributed by atoms with Gasteiger partial charge in [0.25, 0.3) is 15.9 Å². The van der Waals surface area contributed by atoms with Gasteiger partial charge >= 0.3 is 0 Å². The average Bonchev–Trinajstić information content (AvgIpc) is 3.20. The van der Waals surface area contributed by atoms with Crippen LogP contribution in [0.4, 0.5) is 17.1 Å². The molecule has 0 saturated carbocycles. The van der Waals surface area contributed by atoms with Gasteiger partial charge in [-0.2, -0.15) is 0 Å². The number of aromatic amines is 1. The number of aromatic nitrogens is 1. The number of rotatable bonds is 8. The van der Waals surface area contributed by atoms with Gasteiger partial charge in [-0.15, -0.1) is 10.2 Å². The molecule has 1 heterocycles. The zero-order valence-corrected chi connectivity index (χ0v) is 22.6. The van der Waals surface area contributed by atoms with Crippen LogP contribution >= 0.6 is 15.9 Å². The molecule has 0 saturated heterocycles. The lowest BCUT2D eigenvalue weighted by Crippen LogP contribution is -2.35. The van der Waals surface area contributed by atoms with Gasteiger partial charge in [0.1, 0.15) is 12.3 Å². The van der Waals surface area contributed by atoms with Gasteiger partial charge in [-0.3, -0.25) is 13.9 Å². The lowest BCUT2D eigenvalue weighted by atomic mass is 10.2. The number of halogens is 1. The van der Waals surface area contributed by atoms with Crippen molar-refractivity contribution in [1.29, 1.82) is 0 Å². The van der Waals surface area contributed by atoms with E-state index >= 15 is 0 Å². The first-order valence-electron chi connectivity index (χ1n) is 11.1. The summed E-state index contributed by atoms with van der Waals surface area (Å²) < 4.78 is 33.9. The molecule has 0 aliphatic heterocycles. The van der Waals surface area contributed by atoms with Crippen molar-refractivity contribution in [2.45, 2.75) is 11.8 Å². The highest BCUT2D eigenvalue weighted by Gasteiger charge is 2.27. The molecule has 38 heavy (non-hydrogen) atoms. The average molecular weight is 600 g/mol. The van der Waals surface area contributed by atoms with E-state index in [4.69, 9.17) is 4.74 Å². The number of fused-ring (bicyclic) bond motifs is 1. The van der Waals surface area contributed by atoms with Crippen molar-refractivity contribution in [2.24, 2.45) is 10.2 Å². The van der Waals surface area contributed by atoms with Gasteiger partial charge in [-0.05, 0) is 66.7 Å². The Morgan fingerprint density at radius 3 is 2.39 bits per heavy atom. The third-order valence-electron chi connectivity index (χ3n) is 5.38. The zero-order valence-electron chi connectivity index (χ0n) is 20.2. The summed E-state index contributed by atoms with van der Waals surface area (Å²) in [6.07, 6.45) is 0. The second-order valence-corrected chi connectivity index (χ2v) is 10.8. The molecule has 0 spiro atoms. The molecule has 3 aromatic carbocycles. The van der Waals surface area contributed by atoms with Gasteiger partial charge in [0, 0.05) is 22.5 Å². The fourth-order valence-electron chi connectivity index (χ4n) is 3.60. The first-order valence-corrected chi connectivity index (χ1v) is 13.3. The summed E-state index contributed by atoms with van der Waals surface area (Å²) in [5, 5.41) is 20.9. The van der Waals surface area contributed by atoms with E-state index in [1.54, 1.807) is 30.3 Å². The molecule has 11 nitrogen and oxygen atoms in total. The van der Waals surface area contributed by atoms with E-state index in [1.165, 1.54) is 50.4 Å². The van der Waals surface area contributed by atoms with E-state index in [0.717, 1.165) is 8.78 Å². The quantitative estimate of drug-likeness (QED) is 0.239. The van der Waals surface area contributed by atoms with Crippen molar-refractivity contribution in [3.63, 3.8) is 0 Å². The number of nitrogens with zero attached hydrogens (tertiary/aromatic N) is 3. The molecule has 4 aromatic rings. The predicted octanol–water partition coefficient (Wildman–Crippen LogP) is 5.11. The number of carbonyl (C=O) groups is 2. The number of amides is 2. The van der Waals surface area contributed by atoms with Gasteiger partial charge < -0.3 is 20.1 Å². The van der Waals surface area contributed by atoms with Crippen molar-refractivity contribution in [1.82, 2.24) is 4.98 Å². The summed E-state index contributed by atoms with van der Waals surface area (Å²) in [7, 11) is -2.76. The van der Waals surface area contributed by atoms with Crippen LogP contribution in [0.1, 0.15) is 6.92 Å². The molecule has 1 aromatic heterocycles. The summed E-state index contributed by atoms with van der Waals surface area (Å²) in [6, 6.07) is 16.8. The number of nitrogens with one attached hydrogen (secondary N) is 2. The van der Waals surface area contributed by atoms with Gasteiger partial charge in [0.05, 0.1) is 23.2 Å². The van der Waals surface area contributed by atoms with Crippen LogP contribution in [-0.4, -0.2) is 44.0 Å². The third kappa shape index (κ3) is 5.84. The first-order chi connectivity index (χ1) is 18.1. The minimum Gasteiger partial charge on any atom is -0.497 e. The molecule has 4 rings (SSSR count). The van der Waals surface area contributed by atoms with Crippen LogP contribution < -0.4 is 14.4 Å². The fourth-order valence-corrected chi connectivity index (χ4v) is 5.38. The third-order valence-corrected chi connectivity index (χ3v) is 7.66. The molecule has 13 heteroatoms. The molecular weight excluding hydrogens is 578 g/mol. The fraction of sp³-hybridized carbons (Fsp3) is 0.120. The van der Waals surface area contributed by atoms with Gasteiger partial charge in [0.15, 0.2) is 5.69 Å². The highest BCUT2D eigenvalue weighted by atomic mass is 79.9. The van der Waals surface area contributed by atoms with E-state index in [-0.39, 0.29) is 28.1 Å². The largest absolute Gasteiger partial charge is 0.497 e. The van der Waals surface area contributed by atoms with Gasteiger partial charge in [0.2, 0.25) is 11.8 Å². The summed E-state index contributed by atoms with van der Waals surface area (Å²) >= 11 is 3.35. The maximum Gasteiger partial charge on any atom is 0.285 e. The molecule has 3 N–H and O–H groups in total. The zero-order chi connectivity index (χ0) is 27.4. The van der Waals surface area contributed by atoms with Crippen molar-refractivity contribution < 1.29 is 27.9 Å². The van der Waals surface area contributed by atoms with Gasteiger partial charge in [-0.1, -0.05) is 15.9 Å². The van der Waals surface area contributed by atoms with Crippen molar-refractivity contribution in [3.05, 3.63) is 71.2 Å². The molecule has 0 bridgehead atoms. The molecule has 0 aliphatic carbocycles. The Kier molecular flexibility index (Phi) is 7.78. The second-order valence-electron chi connectivity index (χ2n) is 8.02. The van der Waals surface area contributed by atoms with E-state index in [1.807, 2.05) is 0 Å². The maximum absolute atomic E-state index is 13.6. The lowest BCUT2D eigenvalue weighted by molar-refractivity contribution is -0.117. The smallest absolute Gasteiger partial charge is 0.285 e. The SMILES string of the molecule is COc1ccc(N(CC(=O)N=Nc2c(O)[nH]c3ccc(Br)cc23)S(=O)(=O)c2ccc(NC(C)=O)cc2)cc1. The number of aromatic hydroxyl groups is 1. The second kappa shape index (κ2) is 11.0. The number of H-pyrrole nitrogens is 1. The highest BCUT2D eigenvalue weighted by molar-refractivity contribution is 9.10. The summed E-state index contributed by atoms with van der Waals surface area (Å²) in [5.74, 6) is -0.959. The van der Waals surface area contributed by atoms with Crippen LogP contribution in [0.2, 0.25) is 0 Å². The van der Waals surface area contributed by atoms with Crippen molar-refractivity contribution in [2.75, 3.05) is 23.3 Å². The van der Waals surface area contributed by atoms with Crippen molar-refractivity contribution >= 4 is 65.7 Å². The Labute approximate surface area is 226 Å². The predicted molar refractivity (Wildman–Crippen MR) is 145 cm³/mol. The number of methoxy groups -OCH3 is 1. The minimum atomic E-state index is -4.24. The number of carbonyl (C=O) groups excluding carboxylic acids is 2. The van der Waals surface area contributed by atoms with Crippen LogP contribution in [0.3, 0.4) is 0 Å². The molecule has 2 amide bonds. The molecule has 0 fully saturated rings. The first kappa shape index (κ1) is 26.8. The highest BCUT2D eigenvalue weighted by Crippen LogP contribution is 2.37. The Hall–Kier alpha value is -4.23. The number of hydrogen-bond donors (Lipinski definition) is 3. The van der Waals surface area contributed by atoms with E-state index in [2.05, 4.69) is 36.5 Å². The Balaban J connectivity index is 1.66. The molecule has 0 unspecified atom stereocenters. The molecule has 0 aliphatic rings. The molecule has 0 radical (unpaired) electrons. The summed E-state index contributed by atoms with van der Waals surface area (Å²) in [4.78, 5) is 26.8. The number of sulfonamides is 1. The van der Waals surface area contributed by atoms with Crippen LogP contribution in [0, 0.1) is 0 Å². The number of ether oxygens (including phenoxy) is 1. The monoisotopic (exact) mass is 599 g/mol. The molecule has 196 valence electrons. The van der Waals surface area contributed by atoms with E-state index in [9.17, 15) is 23.1 Å². The maximum atomic E-state index is 13.6. The van der Waals surface area contributed by atoms with E-state index in [0.29, 0.717) is 22.3 Å². The van der Waals surface area contributed by atoms with Gasteiger partial charge in [-0.25, -0.2) is 8.42 Å². The van der Waals surface area contributed by atoms with Crippen molar-refractivity contribution in [3.8, 4) is 11.6 Å². The number of benzene rings is 3. The Morgan fingerprint density at radius 2 is 1.76 bits per heavy atom. The Morgan fingerprint density at radius 1 is 1.08 bits per heavy atom. The van der Waals surface area contributed by atoms with Crippen LogP contribution in [0.15, 0.2) is 86.3 Å². The molecule has 0 atom stereocenters. The standard InChI is InChI=1S/C25H22BrN5O6S/c1-15(32)27-17-4-10-20(11-5-17)38(35,36)31(18-6-8-19(37-2)9-7-18)14-23(33)29-30-24-21-13-16(26)3-12-22(21)28-25(24)34/h3-13,28,34H,14H2,1-2H3,(H,27,32). The summed E-state index contributed by atoms with van der Waals surface area (Å²) in [6.45, 7) is 0.670. The molecular formula is C25H22BrN5O6S. The van der Waals surface area contributed by atoms with Crippen LogP contribution in [0.25, 0.3) is 10.9 Å². The van der Waals surface area contributed by atoms with Crippen LogP contribution in [0.5, 0.6) is 11.6 Å². The minimum absolute atomic E-state index is 0.0436. The van der Waals surface area contributed by atoms with Crippen LogP contribution in [-0.2, 0) is 19.6 Å². The lowest BCUT2D eigenvalue weighted by Gasteiger charge is -2.23.